The van der Waals surface area contributed by atoms with Crippen LogP contribution in [0.25, 0.3) is 0 Å². The van der Waals surface area contributed by atoms with Crippen LogP contribution in [0.2, 0.25) is 0 Å². The number of hydrogen-bond acceptors (Lipinski definition) is 4. The van der Waals surface area contributed by atoms with Gasteiger partial charge >= 0.3 is 0 Å². The number of hydrogen-bond donors (Lipinski definition) is 2. The molecule has 0 atom stereocenters. The number of nitrogens with one attached hydrogen (secondary N) is 2. The zero-order valence-corrected chi connectivity index (χ0v) is 12.8. The summed E-state index contributed by atoms with van der Waals surface area (Å²) in [6.45, 7) is 1.45. The number of aromatic nitrogens is 3. The van der Waals surface area contributed by atoms with Gasteiger partial charge in [-0.05, 0) is 12.8 Å². The van der Waals surface area contributed by atoms with E-state index in [0.717, 1.165) is 6.54 Å². The van der Waals surface area contributed by atoms with E-state index in [1.807, 2.05) is 0 Å². The first-order valence-electron chi connectivity index (χ1n) is 7.13. The van der Waals surface area contributed by atoms with E-state index in [2.05, 4.69) is 20.9 Å². The second-order valence-corrected chi connectivity index (χ2v) is 5.18. The fourth-order valence-corrected chi connectivity index (χ4v) is 2.48. The molecule has 1 fully saturated rings. The first-order chi connectivity index (χ1) is 9.25. The minimum atomic E-state index is -0.157. The highest BCUT2D eigenvalue weighted by atomic mass is 35.5. The highest BCUT2D eigenvalue weighted by Gasteiger charge is 2.12. The molecule has 0 bridgehead atoms. The Morgan fingerprint density at radius 2 is 2.00 bits per heavy atom. The van der Waals surface area contributed by atoms with Crippen LogP contribution in [0.5, 0.6) is 0 Å². The van der Waals surface area contributed by atoms with Gasteiger partial charge in [0.25, 0.3) is 5.91 Å². The van der Waals surface area contributed by atoms with Crippen LogP contribution in [0.3, 0.4) is 0 Å². The van der Waals surface area contributed by atoms with Gasteiger partial charge in [-0.1, -0.05) is 30.9 Å². The molecule has 1 aliphatic carbocycles. The van der Waals surface area contributed by atoms with Crippen LogP contribution in [0.1, 0.15) is 49.0 Å². The zero-order chi connectivity index (χ0) is 13.5. The van der Waals surface area contributed by atoms with Crippen LogP contribution in [0, 0.1) is 0 Å². The number of carbonyl (C=O) groups excluding carboxylic acids is 1. The van der Waals surface area contributed by atoms with Crippen molar-refractivity contribution in [3.8, 4) is 0 Å². The molecule has 114 valence electrons. The second-order valence-electron chi connectivity index (χ2n) is 5.18. The number of nitrogens with zero attached hydrogens (tertiary/aromatic N) is 3. The number of aryl methyl sites for hydroxylation is 1. The third-order valence-electron chi connectivity index (χ3n) is 3.53. The Bertz CT molecular complexity index is 401. The van der Waals surface area contributed by atoms with Crippen molar-refractivity contribution in [1.29, 1.82) is 0 Å². The van der Waals surface area contributed by atoms with Crippen molar-refractivity contribution in [1.82, 2.24) is 25.6 Å². The van der Waals surface area contributed by atoms with Gasteiger partial charge < -0.3 is 10.6 Å². The zero-order valence-electron chi connectivity index (χ0n) is 12.0. The normalized spacial score (nSPS) is 16.2. The van der Waals surface area contributed by atoms with Gasteiger partial charge in [-0.2, -0.15) is 0 Å². The standard InChI is InChI=1S/C13H23N5O.ClH/c1-18-10-12(16-17-18)13(19)15-9-8-14-11-6-4-2-3-5-7-11;/h10-11,14H,2-9H2,1H3,(H,15,19);1H. The first-order valence-corrected chi connectivity index (χ1v) is 7.13. The lowest BCUT2D eigenvalue weighted by Gasteiger charge is -2.16. The van der Waals surface area contributed by atoms with Gasteiger partial charge in [0.2, 0.25) is 0 Å². The van der Waals surface area contributed by atoms with Crippen molar-refractivity contribution in [3.63, 3.8) is 0 Å². The van der Waals surface area contributed by atoms with Gasteiger partial charge in [-0.3, -0.25) is 9.48 Å². The molecular weight excluding hydrogens is 278 g/mol. The smallest absolute Gasteiger partial charge is 0.273 e. The lowest BCUT2D eigenvalue weighted by molar-refractivity contribution is 0.0948. The van der Waals surface area contributed by atoms with Crippen molar-refractivity contribution < 1.29 is 4.79 Å². The Morgan fingerprint density at radius 1 is 1.30 bits per heavy atom. The minimum absolute atomic E-state index is 0. The lowest BCUT2D eigenvalue weighted by Crippen LogP contribution is -2.37. The van der Waals surface area contributed by atoms with E-state index in [-0.39, 0.29) is 18.3 Å². The van der Waals surface area contributed by atoms with Crippen molar-refractivity contribution in [2.24, 2.45) is 7.05 Å². The molecule has 0 aliphatic heterocycles. The fourth-order valence-electron chi connectivity index (χ4n) is 2.48. The summed E-state index contributed by atoms with van der Waals surface area (Å²) < 4.78 is 1.53. The molecule has 7 heteroatoms. The summed E-state index contributed by atoms with van der Waals surface area (Å²) in [7, 11) is 1.75. The lowest BCUT2D eigenvalue weighted by atomic mass is 10.1. The van der Waals surface area contributed by atoms with E-state index in [9.17, 15) is 4.79 Å². The Labute approximate surface area is 126 Å². The maximum atomic E-state index is 11.7. The molecule has 6 nitrogen and oxygen atoms in total. The molecule has 1 aromatic heterocycles. The van der Waals surface area contributed by atoms with Gasteiger partial charge in [0.15, 0.2) is 5.69 Å². The van der Waals surface area contributed by atoms with Gasteiger partial charge in [-0.15, -0.1) is 17.5 Å². The molecule has 1 heterocycles. The molecule has 1 aromatic rings. The maximum Gasteiger partial charge on any atom is 0.273 e. The molecule has 1 amide bonds. The van der Waals surface area contributed by atoms with E-state index in [1.165, 1.54) is 43.2 Å². The molecule has 0 radical (unpaired) electrons. The topological polar surface area (TPSA) is 71.8 Å². The number of rotatable bonds is 5. The highest BCUT2D eigenvalue weighted by Crippen LogP contribution is 2.16. The Balaban J connectivity index is 0.00000200. The van der Waals surface area contributed by atoms with E-state index >= 15 is 0 Å². The molecular formula is C13H24ClN5O. The van der Waals surface area contributed by atoms with Crippen LogP contribution in [-0.2, 0) is 7.05 Å². The summed E-state index contributed by atoms with van der Waals surface area (Å²) in [4.78, 5) is 11.7. The van der Waals surface area contributed by atoms with E-state index in [4.69, 9.17) is 0 Å². The summed E-state index contributed by atoms with van der Waals surface area (Å²) in [6, 6.07) is 0.621. The van der Waals surface area contributed by atoms with E-state index in [1.54, 1.807) is 13.2 Å². The Kier molecular flexibility index (Phi) is 7.54. The van der Waals surface area contributed by atoms with Crippen molar-refractivity contribution in [2.45, 2.75) is 44.6 Å². The summed E-state index contributed by atoms with van der Waals surface area (Å²) in [5.74, 6) is -0.157. The molecule has 2 rings (SSSR count). The molecule has 0 saturated heterocycles. The summed E-state index contributed by atoms with van der Waals surface area (Å²) >= 11 is 0. The molecule has 0 spiro atoms. The predicted octanol–water partition coefficient (Wildman–Crippen LogP) is 1.28. The predicted molar refractivity (Wildman–Crippen MR) is 80.1 cm³/mol. The molecule has 0 aromatic carbocycles. The van der Waals surface area contributed by atoms with E-state index in [0.29, 0.717) is 18.3 Å². The minimum Gasteiger partial charge on any atom is -0.349 e. The molecule has 2 N–H and O–H groups in total. The van der Waals surface area contributed by atoms with Crippen molar-refractivity contribution >= 4 is 18.3 Å². The Hall–Kier alpha value is -1.14. The van der Waals surface area contributed by atoms with Crippen LogP contribution in [-0.4, -0.2) is 40.0 Å². The van der Waals surface area contributed by atoms with Gasteiger partial charge in [0, 0.05) is 26.2 Å². The quantitative estimate of drug-likeness (QED) is 0.635. The van der Waals surface area contributed by atoms with Crippen LogP contribution >= 0.6 is 12.4 Å². The molecule has 0 unspecified atom stereocenters. The van der Waals surface area contributed by atoms with Gasteiger partial charge in [-0.25, -0.2) is 0 Å². The summed E-state index contributed by atoms with van der Waals surface area (Å²) in [5.41, 5.74) is 0.372. The molecule has 1 aliphatic rings. The highest BCUT2D eigenvalue weighted by molar-refractivity contribution is 5.91. The third-order valence-corrected chi connectivity index (χ3v) is 3.53. The summed E-state index contributed by atoms with van der Waals surface area (Å²) in [5, 5.41) is 13.9. The largest absolute Gasteiger partial charge is 0.349 e. The molecule has 20 heavy (non-hydrogen) atoms. The Morgan fingerprint density at radius 3 is 2.60 bits per heavy atom. The van der Waals surface area contributed by atoms with E-state index < -0.39 is 0 Å². The van der Waals surface area contributed by atoms with Crippen LogP contribution in [0.4, 0.5) is 0 Å². The van der Waals surface area contributed by atoms with Gasteiger partial charge in [0.1, 0.15) is 0 Å². The van der Waals surface area contributed by atoms with Crippen molar-refractivity contribution in [2.75, 3.05) is 13.1 Å². The van der Waals surface area contributed by atoms with Crippen LogP contribution < -0.4 is 10.6 Å². The second kappa shape index (κ2) is 8.92. The van der Waals surface area contributed by atoms with Gasteiger partial charge in [0.05, 0.1) is 6.20 Å². The summed E-state index contributed by atoms with van der Waals surface area (Å²) in [6.07, 6.45) is 9.51. The fraction of sp³-hybridized carbons (Fsp3) is 0.769. The third kappa shape index (κ3) is 5.46. The monoisotopic (exact) mass is 301 g/mol. The first kappa shape index (κ1) is 16.9. The SMILES string of the molecule is Cl.Cn1cc(C(=O)NCCNC2CCCCCC2)nn1. The van der Waals surface area contributed by atoms with Crippen LogP contribution in [0.15, 0.2) is 6.20 Å². The molecule has 1 saturated carbocycles. The number of carbonyl (C=O) groups is 1. The average molecular weight is 302 g/mol. The number of halogens is 1. The average Bonchev–Trinajstić information content (AvgIpc) is 2.68. The number of amides is 1. The van der Waals surface area contributed by atoms with Crippen molar-refractivity contribution in [3.05, 3.63) is 11.9 Å². The maximum absolute atomic E-state index is 11.7.